The fourth-order valence-electron chi connectivity index (χ4n) is 1.54. The van der Waals surface area contributed by atoms with Gasteiger partial charge in [-0.1, -0.05) is 11.2 Å². The molecule has 0 fully saturated rings. The van der Waals surface area contributed by atoms with Crippen molar-refractivity contribution in [2.24, 2.45) is 0 Å². The van der Waals surface area contributed by atoms with Crippen LogP contribution in [0.3, 0.4) is 0 Å². The Balaban J connectivity index is 1.92. The molecule has 0 spiro atoms. The first kappa shape index (κ1) is 12.6. The smallest absolute Gasteiger partial charge is 0.218 e. The maximum absolute atomic E-state index is 5.65. The Kier molecular flexibility index (Phi) is 4.30. The number of ether oxygens (including phenoxy) is 1. The topological polar surface area (TPSA) is 60.2 Å². The van der Waals surface area contributed by atoms with Crippen molar-refractivity contribution < 1.29 is 9.26 Å². The van der Waals surface area contributed by atoms with E-state index >= 15 is 0 Å². The highest BCUT2D eigenvalue weighted by molar-refractivity contribution is 5.25. The van der Waals surface area contributed by atoms with Crippen molar-refractivity contribution in [3.05, 3.63) is 41.9 Å². The number of aromatic nitrogens is 2. The van der Waals surface area contributed by atoms with E-state index in [1.54, 1.807) is 18.7 Å². The second-order valence-electron chi connectivity index (χ2n) is 4.27. The van der Waals surface area contributed by atoms with Gasteiger partial charge >= 0.3 is 0 Å². The van der Waals surface area contributed by atoms with E-state index in [0.29, 0.717) is 19.0 Å². The van der Waals surface area contributed by atoms with E-state index in [0.717, 1.165) is 11.1 Å². The lowest BCUT2D eigenvalue weighted by Crippen LogP contribution is -2.15. The van der Waals surface area contributed by atoms with Crippen molar-refractivity contribution in [1.82, 2.24) is 15.5 Å². The van der Waals surface area contributed by atoms with Crippen LogP contribution in [0.15, 0.2) is 35.3 Å². The van der Waals surface area contributed by atoms with Gasteiger partial charge in [-0.25, -0.2) is 4.98 Å². The largest absolute Gasteiger partial charge is 0.475 e. The Morgan fingerprint density at radius 2 is 2.28 bits per heavy atom. The highest BCUT2D eigenvalue weighted by Gasteiger charge is 2.06. The quantitative estimate of drug-likeness (QED) is 0.847. The minimum absolute atomic E-state index is 0.122. The zero-order valence-corrected chi connectivity index (χ0v) is 10.6. The van der Waals surface area contributed by atoms with E-state index in [1.807, 2.05) is 26.0 Å². The molecule has 0 aliphatic heterocycles. The van der Waals surface area contributed by atoms with Gasteiger partial charge in [-0.2, -0.15) is 0 Å². The van der Waals surface area contributed by atoms with E-state index in [2.05, 4.69) is 15.5 Å². The molecule has 0 unspecified atom stereocenters. The third-order valence-corrected chi connectivity index (χ3v) is 2.33. The molecule has 2 aromatic heterocycles. The van der Waals surface area contributed by atoms with Crippen LogP contribution >= 0.6 is 0 Å². The van der Waals surface area contributed by atoms with Crippen molar-refractivity contribution in [3.63, 3.8) is 0 Å². The van der Waals surface area contributed by atoms with Gasteiger partial charge in [-0.05, 0) is 19.9 Å². The minimum Gasteiger partial charge on any atom is -0.475 e. The van der Waals surface area contributed by atoms with Crippen LogP contribution in [0.1, 0.15) is 25.0 Å². The molecule has 0 amide bonds. The van der Waals surface area contributed by atoms with E-state index < -0.39 is 0 Å². The Bertz CT molecular complexity index is 469. The maximum atomic E-state index is 5.65. The fourth-order valence-corrected chi connectivity index (χ4v) is 1.54. The second kappa shape index (κ2) is 6.16. The summed E-state index contributed by atoms with van der Waals surface area (Å²) in [6, 6.07) is 3.91. The zero-order chi connectivity index (χ0) is 12.8. The monoisotopic (exact) mass is 247 g/mol. The van der Waals surface area contributed by atoms with E-state index in [1.165, 1.54) is 0 Å². The highest BCUT2D eigenvalue weighted by Crippen LogP contribution is 2.15. The SMILES string of the molecule is CC(C)Oc1ncccc1CNCc1cnoc1. The lowest BCUT2D eigenvalue weighted by molar-refractivity contribution is 0.229. The van der Waals surface area contributed by atoms with Crippen LogP contribution in [0.5, 0.6) is 5.88 Å². The normalized spacial score (nSPS) is 10.8. The van der Waals surface area contributed by atoms with Gasteiger partial charge in [0.1, 0.15) is 6.26 Å². The number of nitrogens with one attached hydrogen (secondary N) is 1. The molecular formula is C13H17N3O2. The van der Waals surface area contributed by atoms with Gasteiger partial charge in [-0.3, -0.25) is 0 Å². The molecule has 5 nitrogen and oxygen atoms in total. The van der Waals surface area contributed by atoms with E-state index in [4.69, 9.17) is 9.26 Å². The minimum atomic E-state index is 0.122. The summed E-state index contributed by atoms with van der Waals surface area (Å²) in [7, 11) is 0. The third kappa shape index (κ3) is 3.56. The standard InChI is InChI=1S/C13H17N3O2/c1-10(2)18-13-12(4-3-5-15-13)8-14-6-11-7-16-17-9-11/h3-5,7,9-10,14H,6,8H2,1-2H3. The summed E-state index contributed by atoms with van der Waals surface area (Å²) in [6.45, 7) is 5.38. The summed E-state index contributed by atoms with van der Waals surface area (Å²) in [5.74, 6) is 0.685. The number of hydrogen-bond donors (Lipinski definition) is 1. The molecule has 0 bridgehead atoms. The predicted molar refractivity (Wildman–Crippen MR) is 67.0 cm³/mol. The van der Waals surface area contributed by atoms with Gasteiger partial charge in [0.2, 0.25) is 5.88 Å². The van der Waals surface area contributed by atoms with Crippen LogP contribution in [0.2, 0.25) is 0 Å². The maximum Gasteiger partial charge on any atom is 0.218 e. The molecule has 2 heterocycles. The summed E-state index contributed by atoms with van der Waals surface area (Å²) >= 11 is 0. The molecule has 96 valence electrons. The Morgan fingerprint density at radius 3 is 3.00 bits per heavy atom. The average molecular weight is 247 g/mol. The van der Waals surface area contributed by atoms with Crippen LogP contribution < -0.4 is 10.1 Å². The van der Waals surface area contributed by atoms with Gasteiger partial charge in [0, 0.05) is 30.4 Å². The summed E-state index contributed by atoms with van der Waals surface area (Å²) in [5, 5.41) is 6.95. The zero-order valence-electron chi connectivity index (χ0n) is 10.6. The predicted octanol–water partition coefficient (Wildman–Crippen LogP) is 2.15. The molecule has 2 rings (SSSR count). The first-order valence-electron chi connectivity index (χ1n) is 5.95. The van der Waals surface area contributed by atoms with E-state index in [9.17, 15) is 0 Å². The molecule has 1 N–H and O–H groups in total. The summed E-state index contributed by atoms with van der Waals surface area (Å²) in [4.78, 5) is 4.24. The van der Waals surface area contributed by atoms with Crippen molar-refractivity contribution >= 4 is 0 Å². The summed E-state index contributed by atoms with van der Waals surface area (Å²) < 4.78 is 10.4. The van der Waals surface area contributed by atoms with Crippen LogP contribution in [0.4, 0.5) is 0 Å². The third-order valence-electron chi connectivity index (χ3n) is 2.33. The lowest BCUT2D eigenvalue weighted by Gasteiger charge is -2.12. The molecule has 2 aromatic rings. The lowest BCUT2D eigenvalue weighted by atomic mass is 10.2. The van der Waals surface area contributed by atoms with Crippen molar-refractivity contribution in [2.75, 3.05) is 0 Å². The Labute approximate surface area is 106 Å². The number of hydrogen-bond acceptors (Lipinski definition) is 5. The molecule has 0 aromatic carbocycles. The second-order valence-corrected chi connectivity index (χ2v) is 4.27. The molecule has 5 heteroatoms. The van der Waals surface area contributed by atoms with Gasteiger partial charge in [0.05, 0.1) is 12.3 Å². The molecule has 0 radical (unpaired) electrons. The van der Waals surface area contributed by atoms with Gasteiger partial charge in [0.15, 0.2) is 0 Å². The average Bonchev–Trinajstić information content (AvgIpc) is 2.84. The summed E-state index contributed by atoms with van der Waals surface area (Å²) in [5.41, 5.74) is 2.06. The van der Waals surface area contributed by atoms with Crippen molar-refractivity contribution in [3.8, 4) is 5.88 Å². The molecule has 0 atom stereocenters. The van der Waals surface area contributed by atoms with Crippen LogP contribution in [-0.4, -0.2) is 16.2 Å². The molecule has 0 saturated carbocycles. The fraction of sp³-hybridized carbons (Fsp3) is 0.385. The highest BCUT2D eigenvalue weighted by atomic mass is 16.5. The first-order chi connectivity index (χ1) is 8.75. The summed E-state index contributed by atoms with van der Waals surface area (Å²) in [6.07, 6.45) is 5.18. The van der Waals surface area contributed by atoms with E-state index in [-0.39, 0.29) is 6.10 Å². The first-order valence-corrected chi connectivity index (χ1v) is 5.95. The van der Waals surface area contributed by atoms with Gasteiger partial charge in [0.25, 0.3) is 0 Å². The number of nitrogens with zero attached hydrogens (tertiary/aromatic N) is 2. The van der Waals surface area contributed by atoms with Crippen LogP contribution in [0, 0.1) is 0 Å². The van der Waals surface area contributed by atoms with Crippen molar-refractivity contribution in [2.45, 2.75) is 33.0 Å². The van der Waals surface area contributed by atoms with Gasteiger partial charge in [-0.15, -0.1) is 0 Å². The molecular weight excluding hydrogens is 230 g/mol. The Morgan fingerprint density at radius 1 is 1.39 bits per heavy atom. The molecule has 18 heavy (non-hydrogen) atoms. The molecule has 0 aliphatic carbocycles. The van der Waals surface area contributed by atoms with Crippen molar-refractivity contribution in [1.29, 1.82) is 0 Å². The molecule has 0 aliphatic rings. The van der Waals surface area contributed by atoms with Gasteiger partial charge < -0.3 is 14.6 Å². The molecule has 0 saturated heterocycles. The number of rotatable bonds is 6. The van der Waals surface area contributed by atoms with Crippen LogP contribution in [0.25, 0.3) is 0 Å². The number of pyridine rings is 1. The van der Waals surface area contributed by atoms with Crippen LogP contribution in [-0.2, 0) is 13.1 Å². The Hall–Kier alpha value is -1.88.